The predicted octanol–water partition coefficient (Wildman–Crippen LogP) is 3.64. The molecule has 144 valence electrons. The predicted molar refractivity (Wildman–Crippen MR) is 91.6 cm³/mol. The number of carbonyl (C=O) groups is 2. The van der Waals surface area contributed by atoms with Gasteiger partial charge in [0.05, 0.1) is 17.5 Å². The van der Waals surface area contributed by atoms with Crippen molar-refractivity contribution in [2.45, 2.75) is 76.7 Å². The van der Waals surface area contributed by atoms with Crippen LogP contribution in [-0.4, -0.2) is 41.8 Å². The normalized spacial score (nSPS) is 24.3. The van der Waals surface area contributed by atoms with Gasteiger partial charge in [-0.25, -0.2) is 13.6 Å². The summed E-state index contributed by atoms with van der Waals surface area (Å²) in [5, 5.41) is 11.7. The molecule has 0 unspecified atom stereocenters. The highest BCUT2D eigenvalue weighted by Crippen LogP contribution is 2.49. The van der Waals surface area contributed by atoms with E-state index in [4.69, 9.17) is 5.26 Å². The SMILES string of the molecule is CC(F)(F)C[C@H](NC(=O)N1CCC2(CCC2)CC1)C(=O)CC1(C#N)CC1. The molecule has 3 aliphatic rings. The summed E-state index contributed by atoms with van der Waals surface area (Å²) >= 11 is 0. The lowest BCUT2D eigenvalue weighted by Crippen LogP contribution is -2.53. The average molecular weight is 367 g/mol. The van der Waals surface area contributed by atoms with E-state index in [9.17, 15) is 18.4 Å². The smallest absolute Gasteiger partial charge is 0.317 e. The minimum atomic E-state index is -3.06. The molecule has 3 fully saturated rings. The van der Waals surface area contributed by atoms with Gasteiger partial charge in [0.25, 0.3) is 0 Å². The quantitative estimate of drug-likeness (QED) is 0.779. The summed E-state index contributed by atoms with van der Waals surface area (Å²) < 4.78 is 27.1. The number of nitrogens with zero attached hydrogens (tertiary/aromatic N) is 2. The van der Waals surface area contributed by atoms with Crippen LogP contribution in [0.4, 0.5) is 13.6 Å². The number of rotatable bonds is 6. The third-order valence-electron chi connectivity index (χ3n) is 6.38. The number of Topliss-reactive ketones (excluding diaryl/α,β-unsaturated/α-hetero) is 1. The van der Waals surface area contributed by atoms with E-state index in [1.807, 2.05) is 0 Å². The van der Waals surface area contributed by atoms with Crippen LogP contribution >= 0.6 is 0 Å². The highest BCUT2D eigenvalue weighted by atomic mass is 19.3. The molecule has 0 radical (unpaired) electrons. The topological polar surface area (TPSA) is 73.2 Å². The Kier molecular flexibility index (Phi) is 4.98. The molecule has 1 spiro atoms. The summed E-state index contributed by atoms with van der Waals surface area (Å²) in [5.41, 5.74) is -0.321. The Balaban J connectivity index is 1.58. The van der Waals surface area contributed by atoms with Crippen molar-refractivity contribution in [1.29, 1.82) is 5.26 Å². The first-order valence-corrected chi connectivity index (χ1v) is 9.53. The summed E-state index contributed by atoms with van der Waals surface area (Å²) in [6.45, 7) is 1.96. The lowest BCUT2D eigenvalue weighted by atomic mass is 9.63. The van der Waals surface area contributed by atoms with Crippen LogP contribution in [0.15, 0.2) is 0 Å². The number of halogens is 2. The molecule has 1 atom stereocenters. The molecule has 7 heteroatoms. The second-order valence-corrected chi connectivity index (χ2v) is 8.65. The van der Waals surface area contributed by atoms with Crippen LogP contribution < -0.4 is 5.32 Å². The Hall–Kier alpha value is -1.71. The number of hydrogen-bond acceptors (Lipinski definition) is 3. The van der Waals surface area contributed by atoms with Gasteiger partial charge in [-0.3, -0.25) is 4.79 Å². The summed E-state index contributed by atoms with van der Waals surface area (Å²) in [5.74, 6) is -3.53. The zero-order valence-electron chi connectivity index (χ0n) is 15.3. The molecule has 2 saturated carbocycles. The van der Waals surface area contributed by atoms with E-state index < -0.39 is 35.6 Å². The number of likely N-dealkylation sites (tertiary alicyclic amines) is 1. The van der Waals surface area contributed by atoms with E-state index in [-0.39, 0.29) is 6.42 Å². The molecule has 1 saturated heterocycles. The van der Waals surface area contributed by atoms with Crippen LogP contribution in [0.1, 0.15) is 64.7 Å². The lowest BCUT2D eigenvalue weighted by molar-refractivity contribution is -0.124. The zero-order valence-corrected chi connectivity index (χ0v) is 15.3. The van der Waals surface area contributed by atoms with Gasteiger partial charge < -0.3 is 10.2 Å². The van der Waals surface area contributed by atoms with Crippen molar-refractivity contribution in [2.24, 2.45) is 10.8 Å². The molecule has 1 aliphatic heterocycles. The molecule has 1 N–H and O–H groups in total. The maximum Gasteiger partial charge on any atom is 0.317 e. The number of nitriles is 1. The van der Waals surface area contributed by atoms with Crippen molar-refractivity contribution in [3.05, 3.63) is 0 Å². The number of amides is 2. The molecule has 0 aromatic heterocycles. The van der Waals surface area contributed by atoms with Gasteiger partial charge in [0.2, 0.25) is 5.92 Å². The third kappa shape index (κ3) is 4.33. The molecule has 26 heavy (non-hydrogen) atoms. The number of piperidine rings is 1. The standard InChI is InChI=1S/C19H27F2N3O2/c1-17(20,21)11-14(15(25)12-19(13-22)5-6-19)23-16(26)24-9-7-18(8-10-24)3-2-4-18/h14H,2-12H2,1H3,(H,23,26)/t14-/m0/s1. The first kappa shape index (κ1) is 19.1. The average Bonchev–Trinajstić information content (AvgIpc) is 3.31. The monoisotopic (exact) mass is 367 g/mol. The fourth-order valence-electron chi connectivity index (χ4n) is 4.14. The first-order chi connectivity index (χ1) is 12.2. The molecular formula is C19H27F2N3O2. The minimum absolute atomic E-state index is 0.0619. The maximum atomic E-state index is 13.5. The fourth-order valence-corrected chi connectivity index (χ4v) is 4.14. The van der Waals surface area contributed by atoms with Gasteiger partial charge in [0.1, 0.15) is 0 Å². The van der Waals surface area contributed by atoms with E-state index in [2.05, 4.69) is 11.4 Å². The van der Waals surface area contributed by atoms with E-state index in [0.717, 1.165) is 19.8 Å². The van der Waals surface area contributed by atoms with Gasteiger partial charge in [-0.1, -0.05) is 6.42 Å². The molecule has 1 heterocycles. The number of hydrogen-bond donors (Lipinski definition) is 1. The number of carbonyl (C=O) groups excluding carboxylic acids is 2. The molecule has 5 nitrogen and oxygen atoms in total. The zero-order chi connectivity index (χ0) is 19.0. The molecule has 3 rings (SSSR count). The number of urea groups is 1. The van der Waals surface area contributed by atoms with E-state index >= 15 is 0 Å². The second kappa shape index (κ2) is 6.79. The largest absolute Gasteiger partial charge is 0.328 e. The Labute approximate surface area is 153 Å². The van der Waals surface area contributed by atoms with Gasteiger partial charge in [0.15, 0.2) is 5.78 Å². The summed E-state index contributed by atoms with van der Waals surface area (Å²) in [6.07, 6.45) is 6.00. The lowest BCUT2D eigenvalue weighted by Gasteiger charge is -2.48. The molecule has 0 aromatic carbocycles. The van der Waals surface area contributed by atoms with Crippen molar-refractivity contribution >= 4 is 11.8 Å². The molecular weight excluding hydrogens is 340 g/mol. The molecule has 0 bridgehead atoms. The fraction of sp³-hybridized carbons (Fsp3) is 0.842. The van der Waals surface area contributed by atoms with Gasteiger partial charge in [-0.15, -0.1) is 0 Å². The Bertz CT molecular complexity index is 605. The van der Waals surface area contributed by atoms with Crippen molar-refractivity contribution in [2.75, 3.05) is 13.1 Å². The Morgan fingerprint density at radius 1 is 1.19 bits per heavy atom. The van der Waals surface area contributed by atoms with Gasteiger partial charge in [-0.05, 0) is 50.9 Å². The van der Waals surface area contributed by atoms with Crippen LogP contribution in [0.5, 0.6) is 0 Å². The van der Waals surface area contributed by atoms with Gasteiger partial charge in [-0.2, -0.15) is 5.26 Å². The van der Waals surface area contributed by atoms with Crippen molar-refractivity contribution < 1.29 is 18.4 Å². The van der Waals surface area contributed by atoms with E-state index in [0.29, 0.717) is 31.3 Å². The van der Waals surface area contributed by atoms with Crippen LogP contribution in [0.2, 0.25) is 0 Å². The van der Waals surface area contributed by atoms with Crippen molar-refractivity contribution in [3.63, 3.8) is 0 Å². The van der Waals surface area contributed by atoms with Crippen LogP contribution in [0, 0.1) is 22.2 Å². The number of nitrogens with one attached hydrogen (secondary N) is 1. The van der Waals surface area contributed by atoms with Gasteiger partial charge >= 0.3 is 6.03 Å². The summed E-state index contributed by atoms with van der Waals surface area (Å²) in [4.78, 5) is 26.6. The van der Waals surface area contributed by atoms with E-state index in [1.165, 1.54) is 19.3 Å². The number of ketones is 1. The molecule has 2 amide bonds. The van der Waals surface area contributed by atoms with Crippen LogP contribution in [0.3, 0.4) is 0 Å². The maximum absolute atomic E-state index is 13.5. The Morgan fingerprint density at radius 2 is 1.81 bits per heavy atom. The minimum Gasteiger partial charge on any atom is -0.328 e. The van der Waals surface area contributed by atoms with Crippen molar-refractivity contribution in [3.8, 4) is 6.07 Å². The van der Waals surface area contributed by atoms with E-state index in [1.54, 1.807) is 4.90 Å². The second-order valence-electron chi connectivity index (χ2n) is 8.65. The van der Waals surface area contributed by atoms with Crippen molar-refractivity contribution in [1.82, 2.24) is 10.2 Å². The van der Waals surface area contributed by atoms with Crippen LogP contribution in [0.25, 0.3) is 0 Å². The molecule has 0 aromatic rings. The third-order valence-corrected chi connectivity index (χ3v) is 6.38. The Morgan fingerprint density at radius 3 is 2.23 bits per heavy atom. The highest BCUT2D eigenvalue weighted by molar-refractivity contribution is 5.89. The van der Waals surface area contributed by atoms with Crippen LogP contribution in [-0.2, 0) is 4.79 Å². The summed E-state index contributed by atoms with van der Waals surface area (Å²) in [7, 11) is 0. The van der Waals surface area contributed by atoms with Gasteiger partial charge in [0, 0.05) is 25.9 Å². The highest BCUT2D eigenvalue weighted by Gasteiger charge is 2.47. The number of alkyl halides is 2. The first-order valence-electron chi connectivity index (χ1n) is 9.53. The molecule has 2 aliphatic carbocycles. The summed E-state index contributed by atoms with van der Waals surface area (Å²) in [6, 6.07) is 0.424.